The second-order valence-corrected chi connectivity index (χ2v) is 5.58. The van der Waals surface area contributed by atoms with Gasteiger partial charge >= 0.3 is 6.09 Å². The van der Waals surface area contributed by atoms with Gasteiger partial charge in [-0.15, -0.1) is 0 Å². The molecule has 2 aromatic heterocycles. The summed E-state index contributed by atoms with van der Waals surface area (Å²) in [6.45, 7) is 6.58. The Labute approximate surface area is 123 Å². The van der Waals surface area contributed by atoms with Gasteiger partial charge in [-0.25, -0.2) is 4.79 Å². The molecule has 0 fully saturated rings. The minimum Gasteiger partial charge on any atom is -0.468 e. The molecule has 0 aliphatic rings. The Morgan fingerprint density at radius 1 is 1.43 bits per heavy atom. The summed E-state index contributed by atoms with van der Waals surface area (Å²) in [7, 11) is 0. The maximum absolute atomic E-state index is 11.7. The molecular formula is C14H20N4O3. The lowest BCUT2D eigenvalue weighted by molar-refractivity contribution is 0.0635. The van der Waals surface area contributed by atoms with Crippen molar-refractivity contribution < 1.29 is 13.9 Å². The van der Waals surface area contributed by atoms with Crippen molar-refractivity contribution in [3.63, 3.8) is 0 Å². The van der Waals surface area contributed by atoms with E-state index in [9.17, 15) is 4.79 Å². The van der Waals surface area contributed by atoms with E-state index in [0.717, 1.165) is 11.3 Å². The van der Waals surface area contributed by atoms with Crippen molar-refractivity contribution in [2.75, 3.05) is 5.32 Å². The first kappa shape index (κ1) is 15.1. The third-order valence-electron chi connectivity index (χ3n) is 2.54. The molecular weight excluding hydrogens is 272 g/mol. The van der Waals surface area contributed by atoms with E-state index in [0.29, 0.717) is 18.9 Å². The fourth-order valence-corrected chi connectivity index (χ4v) is 1.69. The van der Waals surface area contributed by atoms with E-state index in [4.69, 9.17) is 9.15 Å². The molecule has 3 N–H and O–H groups in total. The summed E-state index contributed by atoms with van der Waals surface area (Å²) in [4.78, 5) is 11.7. The quantitative estimate of drug-likeness (QED) is 0.788. The normalized spacial score (nSPS) is 11.4. The largest absolute Gasteiger partial charge is 0.468 e. The van der Waals surface area contributed by atoms with Crippen LogP contribution in [-0.2, 0) is 17.8 Å². The molecule has 0 aliphatic carbocycles. The number of rotatable bonds is 5. The van der Waals surface area contributed by atoms with E-state index in [1.165, 1.54) is 0 Å². The van der Waals surface area contributed by atoms with Gasteiger partial charge < -0.3 is 14.5 Å². The highest BCUT2D eigenvalue weighted by Crippen LogP contribution is 2.14. The van der Waals surface area contributed by atoms with Gasteiger partial charge in [-0.2, -0.15) is 5.10 Å². The van der Waals surface area contributed by atoms with Crippen molar-refractivity contribution in [2.24, 2.45) is 0 Å². The number of ether oxygens (including phenoxy) is 1. The lowest BCUT2D eigenvalue weighted by atomic mass is 10.2. The molecule has 0 aromatic carbocycles. The second-order valence-electron chi connectivity index (χ2n) is 5.58. The average Bonchev–Trinajstić information content (AvgIpc) is 2.99. The molecule has 114 valence electrons. The van der Waals surface area contributed by atoms with E-state index >= 15 is 0 Å². The zero-order valence-electron chi connectivity index (χ0n) is 12.4. The summed E-state index contributed by atoms with van der Waals surface area (Å²) in [6, 6.07) is 3.73. The molecule has 0 bridgehead atoms. The Hall–Kier alpha value is -2.28. The Morgan fingerprint density at radius 3 is 2.90 bits per heavy atom. The molecule has 0 saturated carbocycles. The Bertz CT molecular complexity index is 569. The number of hydrogen-bond donors (Lipinski definition) is 3. The maximum Gasteiger partial charge on any atom is 0.413 e. The van der Waals surface area contributed by atoms with Gasteiger partial charge in [0.15, 0.2) is 0 Å². The number of aromatic nitrogens is 2. The van der Waals surface area contributed by atoms with E-state index < -0.39 is 11.7 Å². The highest BCUT2D eigenvalue weighted by molar-refractivity contribution is 5.84. The van der Waals surface area contributed by atoms with Gasteiger partial charge in [0.1, 0.15) is 17.2 Å². The number of furan rings is 1. The van der Waals surface area contributed by atoms with Crippen LogP contribution in [0.3, 0.4) is 0 Å². The first-order valence-electron chi connectivity index (χ1n) is 6.69. The van der Waals surface area contributed by atoms with Gasteiger partial charge in [0.25, 0.3) is 0 Å². The summed E-state index contributed by atoms with van der Waals surface area (Å²) in [5.41, 5.74) is 0.300. The average molecular weight is 292 g/mol. The molecule has 0 radical (unpaired) electrons. The third-order valence-corrected chi connectivity index (χ3v) is 2.54. The minimum atomic E-state index is -0.540. The van der Waals surface area contributed by atoms with Gasteiger partial charge in [-0.1, -0.05) is 0 Å². The molecule has 2 aromatic rings. The predicted octanol–water partition coefficient (Wildman–Crippen LogP) is 2.64. The van der Waals surface area contributed by atoms with Crippen LogP contribution in [0.5, 0.6) is 0 Å². The molecule has 21 heavy (non-hydrogen) atoms. The number of carbonyl (C=O) groups excluding carboxylic acids is 1. The SMILES string of the molecule is CC(C)(C)OC(=O)Nc1[nH]ncc1CNCc1ccco1. The van der Waals surface area contributed by atoms with Gasteiger partial charge in [-0.3, -0.25) is 10.4 Å². The number of nitrogens with one attached hydrogen (secondary N) is 3. The fraction of sp³-hybridized carbons (Fsp3) is 0.429. The lowest BCUT2D eigenvalue weighted by Crippen LogP contribution is -2.27. The molecule has 7 nitrogen and oxygen atoms in total. The first-order chi connectivity index (χ1) is 9.94. The Morgan fingerprint density at radius 2 is 2.24 bits per heavy atom. The van der Waals surface area contributed by atoms with Gasteiger partial charge in [0, 0.05) is 12.1 Å². The van der Waals surface area contributed by atoms with Crippen molar-refractivity contribution in [3.05, 3.63) is 35.9 Å². The fourth-order valence-electron chi connectivity index (χ4n) is 1.69. The molecule has 7 heteroatoms. The van der Waals surface area contributed by atoms with Crippen molar-refractivity contribution >= 4 is 11.9 Å². The summed E-state index contributed by atoms with van der Waals surface area (Å²) in [5.74, 6) is 1.37. The molecule has 0 unspecified atom stereocenters. The number of H-pyrrole nitrogens is 1. The first-order valence-corrected chi connectivity index (χ1v) is 6.69. The number of nitrogens with zero attached hydrogens (tertiary/aromatic N) is 1. The van der Waals surface area contributed by atoms with Gasteiger partial charge in [0.05, 0.1) is 19.0 Å². The van der Waals surface area contributed by atoms with Crippen LogP contribution in [0.2, 0.25) is 0 Å². The molecule has 0 atom stereocenters. The number of aromatic amines is 1. The van der Waals surface area contributed by atoms with Crippen LogP contribution < -0.4 is 10.6 Å². The zero-order valence-corrected chi connectivity index (χ0v) is 12.4. The van der Waals surface area contributed by atoms with Crippen molar-refractivity contribution in [1.82, 2.24) is 15.5 Å². The lowest BCUT2D eigenvalue weighted by Gasteiger charge is -2.19. The predicted molar refractivity (Wildman–Crippen MR) is 77.7 cm³/mol. The summed E-state index contributed by atoms with van der Waals surface area (Å²) in [5, 5.41) is 12.5. The van der Waals surface area contributed by atoms with Crippen molar-refractivity contribution in [2.45, 2.75) is 39.5 Å². The Kier molecular flexibility index (Phi) is 4.64. The molecule has 1 amide bonds. The number of anilines is 1. The van der Waals surface area contributed by atoms with Crippen molar-refractivity contribution in [3.8, 4) is 0 Å². The van der Waals surface area contributed by atoms with Crippen molar-refractivity contribution in [1.29, 1.82) is 0 Å². The molecule has 0 saturated heterocycles. The second kappa shape index (κ2) is 6.45. The summed E-state index contributed by atoms with van der Waals surface area (Å²) in [6.07, 6.45) is 2.77. The zero-order chi connectivity index (χ0) is 15.3. The van der Waals surface area contributed by atoms with Crippen LogP contribution in [0, 0.1) is 0 Å². The number of hydrogen-bond acceptors (Lipinski definition) is 5. The van der Waals surface area contributed by atoms with Crippen LogP contribution in [-0.4, -0.2) is 21.9 Å². The third kappa shape index (κ3) is 4.96. The molecule has 0 aliphatic heterocycles. The van der Waals surface area contributed by atoms with E-state index in [2.05, 4.69) is 20.8 Å². The van der Waals surface area contributed by atoms with Crippen LogP contribution >= 0.6 is 0 Å². The van der Waals surface area contributed by atoms with Crippen LogP contribution in [0.15, 0.2) is 29.0 Å². The standard InChI is InChI=1S/C14H20N4O3/c1-14(2,3)21-13(19)17-12-10(8-16-18-12)7-15-9-11-5-4-6-20-11/h4-6,8,15H,7,9H2,1-3H3,(H2,16,17,18,19). The van der Waals surface area contributed by atoms with Crippen LogP contribution in [0.4, 0.5) is 10.6 Å². The van der Waals surface area contributed by atoms with E-state index in [-0.39, 0.29) is 0 Å². The Balaban J connectivity index is 1.85. The molecule has 2 rings (SSSR count). The number of amides is 1. The topological polar surface area (TPSA) is 92.2 Å². The summed E-state index contributed by atoms with van der Waals surface area (Å²) < 4.78 is 10.4. The van der Waals surface area contributed by atoms with Crippen LogP contribution in [0.1, 0.15) is 32.1 Å². The highest BCUT2D eigenvalue weighted by atomic mass is 16.6. The van der Waals surface area contributed by atoms with Gasteiger partial charge in [-0.05, 0) is 32.9 Å². The monoisotopic (exact) mass is 292 g/mol. The molecule has 0 spiro atoms. The minimum absolute atomic E-state index is 0.515. The van der Waals surface area contributed by atoms with Crippen LogP contribution in [0.25, 0.3) is 0 Å². The number of carbonyl (C=O) groups is 1. The highest BCUT2D eigenvalue weighted by Gasteiger charge is 2.17. The van der Waals surface area contributed by atoms with E-state index in [1.54, 1.807) is 12.5 Å². The smallest absolute Gasteiger partial charge is 0.413 e. The summed E-state index contributed by atoms with van der Waals surface area (Å²) >= 11 is 0. The van der Waals surface area contributed by atoms with Gasteiger partial charge in [0.2, 0.25) is 0 Å². The van der Waals surface area contributed by atoms with E-state index in [1.807, 2.05) is 32.9 Å². The maximum atomic E-state index is 11.7. The molecule has 2 heterocycles.